The molecule has 0 spiro atoms. The van der Waals surface area contributed by atoms with Gasteiger partial charge in [0, 0.05) is 56.2 Å². The number of hydrogen-bond donors (Lipinski definition) is 2. The molecule has 2 unspecified atom stereocenters. The number of hydrogen-bond acceptors (Lipinski definition) is 6. The minimum absolute atomic E-state index is 0. The Morgan fingerprint density at radius 2 is 1.52 bits per heavy atom. The third-order valence-electron chi connectivity index (χ3n) is 13.1. The summed E-state index contributed by atoms with van der Waals surface area (Å²) in [6.45, 7) is 15.3. The molecule has 0 saturated carbocycles. The Balaban J connectivity index is 0.00000561. The van der Waals surface area contributed by atoms with Crippen LogP contribution in [0.25, 0.3) is 21.5 Å². The smallest absolute Gasteiger partial charge is 0.748 e. The molecule has 3 aliphatic rings. The maximum Gasteiger partial charge on any atom is 1.00 e. The number of allylic oxidation sites excluding steroid dienone is 6. The van der Waals surface area contributed by atoms with Crippen molar-refractivity contribution in [2.75, 3.05) is 29.5 Å². The van der Waals surface area contributed by atoms with Crippen molar-refractivity contribution < 1.29 is 47.4 Å². The number of nitrogen functional groups attached to an aromatic ring is 1. The second-order valence-corrected chi connectivity index (χ2v) is 20.4. The summed E-state index contributed by atoms with van der Waals surface area (Å²) in [6, 6.07) is 34.7. The quantitative estimate of drug-likeness (QED) is 0.0410. The summed E-state index contributed by atoms with van der Waals surface area (Å²) in [5, 5.41) is 5.07. The fourth-order valence-electron chi connectivity index (χ4n) is 10.2. The Morgan fingerprint density at radius 1 is 0.852 bits per heavy atom. The Kier molecular flexibility index (Phi) is 13.9. The fourth-order valence-corrected chi connectivity index (χ4v) is 11.8. The van der Waals surface area contributed by atoms with E-state index in [0.717, 1.165) is 55.8 Å². The number of quaternary nitrogens is 1. The number of unbranched alkanes of at least 4 members (excludes halogenated alkanes) is 2. The van der Waals surface area contributed by atoms with Crippen molar-refractivity contribution in [2.24, 2.45) is 0 Å². The zero-order chi connectivity index (χ0) is 42.2. The third-order valence-corrected chi connectivity index (χ3v) is 15.1. The Bertz CT molecular complexity index is 2660. The van der Waals surface area contributed by atoms with Crippen LogP contribution in [0.2, 0.25) is 0 Å². The monoisotopic (exact) mass is 859 g/mol. The van der Waals surface area contributed by atoms with Crippen LogP contribution in [0, 0.1) is 6.92 Å². The minimum Gasteiger partial charge on any atom is -0.748 e. The van der Waals surface area contributed by atoms with E-state index in [1.165, 1.54) is 70.7 Å². The van der Waals surface area contributed by atoms with Crippen molar-refractivity contribution in [3.05, 3.63) is 161 Å². The first-order valence-electron chi connectivity index (χ1n) is 21.6. The second-order valence-electron chi connectivity index (χ2n) is 17.8. The molecular formula is C52H58N3NaO3S2. The summed E-state index contributed by atoms with van der Waals surface area (Å²) in [7, 11) is -4.26. The zero-order valence-corrected chi connectivity index (χ0v) is 40.1. The van der Waals surface area contributed by atoms with Crippen molar-refractivity contribution in [1.82, 2.24) is 0 Å². The number of fused-ring (bicyclic) bond motifs is 6. The van der Waals surface area contributed by atoms with E-state index in [1.807, 2.05) is 23.9 Å². The minimum atomic E-state index is -4.26. The normalized spacial score (nSPS) is 20.9. The van der Waals surface area contributed by atoms with Gasteiger partial charge in [-0.15, -0.1) is 0 Å². The predicted molar refractivity (Wildman–Crippen MR) is 252 cm³/mol. The van der Waals surface area contributed by atoms with E-state index in [4.69, 9.17) is 5.73 Å². The van der Waals surface area contributed by atoms with Gasteiger partial charge in [-0.25, -0.2) is 8.42 Å². The van der Waals surface area contributed by atoms with E-state index in [1.54, 1.807) is 0 Å². The number of rotatable bonds is 13. The molecule has 2 atom stereocenters. The molecule has 3 N–H and O–H groups in total. The van der Waals surface area contributed by atoms with Crippen LogP contribution in [0.3, 0.4) is 0 Å². The maximum atomic E-state index is 11.5. The molecular weight excluding hydrogens is 802 g/mol. The van der Waals surface area contributed by atoms with Crippen LogP contribution in [0.4, 0.5) is 17.1 Å². The van der Waals surface area contributed by atoms with Crippen LogP contribution >= 0.6 is 11.8 Å². The van der Waals surface area contributed by atoms with Crippen molar-refractivity contribution in [3.8, 4) is 0 Å². The van der Waals surface area contributed by atoms with E-state index in [2.05, 4.69) is 149 Å². The molecule has 0 radical (unpaired) electrons. The van der Waals surface area contributed by atoms with Gasteiger partial charge in [-0.1, -0.05) is 98.8 Å². The van der Waals surface area contributed by atoms with Crippen LogP contribution in [0.15, 0.2) is 148 Å². The zero-order valence-electron chi connectivity index (χ0n) is 36.5. The van der Waals surface area contributed by atoms with Gasteiger partial charge in [0.15, 0.2) is 0 Å². The van der Waals surface area contributed by atoms with Gasteiger partial charge in [0.1, 0.15) is 11.7 Å². The van der Waals surface area contributed by atoms with Crippen LogP contribution in [-0.2, 0) is 20.9 Å². The average molecular weight is 860 g/mol. The first-order valence-corrected chi connectivity index (χ1v) is 23.9. The molecule has 61 heavy (non-hydrogen) atoms. The maximum absolute atomic E-state index is 11.5. The van der Waals surface area contributed by atoms with Gasteiger partial charge < -0.3 is 22.1 Å². The van der Waals surface area contributed by atoms with Crippen molar-refractivity contribution in [2.45, 2.75) is 94.4 Å². The Hall–Kier alpha value is -3.60. The standard InChI is InChI=1S/C52H58N3O3S2.Na/c1-6-7-33-54-44-29-21-36-15-8-10-19-42(36)48(44)51(2,3)46(54)31-23-38-17-14-18-39(50(38)59-41-27-25-40(53)26-28-41)24-32-47-52(4,5)49-43-20-11-9-16-37(43)22-30-45(49)55(47)34-12-13-35-60(56,57)58;/h8-11,15-16,19-32,47H,1,6-7,12-14,17-18,33-35,53H2,2-5H3,(H,56,57,58);/q-1;+1/b32-24+,38-23+,46-31+;. The van der Waals surface area contributed by atoms with Gasteiger partial charge >= 0.3 is 29.6 Å². The number of benzene rings is 5. The van der Waals surface area contributed by atoms with Gasteiger partial charge in [-0.2, -0.15) is 6.42 Å². The van der Waals surface area contributed by atoms with Crippen molar-refractivity contribution >= 4 is 60.5 Å². The third kappa shape index (κ3) is 9.24. The Morgan fingerprint density at radius 3 is 2.21 bits per heavy atom. The molecule has 9 heteroatoms. The van der Waals surface area contributed by atoms with E-state index in [9.17, 15) is 13.0 Å². The van der Waals surface area contributed by atoms with E-state index in [0.29, 0.717) is 12.8 Å². The molecule has 312 valence electrons. The summed E-state index contributed by atoms with van der Waals surface area (Å²) in [5.41, 5.74) is 15.8. The largest absolute Gasteiger partial charge is 1.00 e. The fraction of sp³-hybridized carbons (Fsp3) is 0.327. The SMILES string of the molecule is [CH2-]CCCN1/C(=C/C=C2\CCCC(/C=C/C3[NH+](CCCCS(=O)(=O)[O-])c4ccc5ccccc5c4C3(C)C)=C2Sc2ccc(N)cc2)C(C)(C)c2c1ccc1ccccc21.[Na+]. The molecule has 0 amide bonds. The number of nitrogens with one attached hydrogen (secondary N) is 1. The molecule has 8 rings (SSSR count). The average Bonchev–Trinajstić information content (AvgIpc) is 3.58. The van der Waals surface area contributed by atoms with Gasteiger partial charge in [0.25, 0.3) is 0 Å². The summed E-state index contributed by atoms with van der Waals surface area (Å²) in [5.74, 6) is -0.327. The summed E-state index contributed by atoms with van der Waals surface area (Å²) in [4.78, 5) is 6.31. The van der Waals surface area contributed by atoms with Crippen LogP contribution in [-0.4, -0.2) is 37.9 Å². The van der Waals surface area contributed by atoms with Gasteiger partial charge in [0.2, 0.25) is 0 Å². The number of nitrogens with zero attached hydrogens (tertiary/aromatic N) is 1. The first-order chi connectivity index (χ1) is 28.8. The summed E-state index contributed by atoms with van der Waals surface area (Å²) in [6.07, 6.45) is 15.5. The molecule has 6 nitrogen and oxygen atoms in total. The number of thioether (sulfide) groups is 1. The first kappa shape index (κ1) is 45.4. The number of nitrogens with two attached hydrogens (primary N) is 1. The van der Waals surface area contributed by atoms with Gasteiger partial charge in [-0.05, 0) is 133 Å². The molecule has 2 heterocycles. The van der Waals surface area contributed by atoms with Crippen LogP contribution in [0.5, 0.6) is 0 Å². The van der Waals surface area contributed by atoms with E-state index < -0.39 is 10.1 Å². The van der Waals surface area contributed by atoms with Gasteiger partial charge in [0.05, 0.1) is 22.1 Å². The molecule has 0 bridgehead atoms. The molecule has 0 saturated heterocycles. The van der Waals surface area contributed by atoms with Gasteiger partial charge in [-0.3, -0.25) is 4.90 Å². The van der Waals surface area contributed by atoms with E-state index >= 15 is 0 Å². The van der Waals surface area contributed by atoms with Crippen LogP contribution < -0.4 is 45.1 Å². The summed E-state index contributed by atoms with van der Waals surface area (Å²) < 4.78 is 34.6. The molecule has 5 aromatic rings. The summed E-state index contributed by atoms with van der Waals surface area (Å²) >= 11 is 1.83. The molecule has 1 aliphatic carbocycles. The molecule has 5 aromatic carbocycles. The Labute approximate surface area is 390 Å². The van der Waals surface area contributed by atoms with E-state index in [-0.39, 0.29) is 52.2 Å². The van der Waals surface area contributed by atoms with Crippen molar-refractivity contribution in [3.63, 3.8) is 0 Å². The second kappa shape index (κ2) is 18.6. The molecule has 0 fully saturated rings. The molecule has 2 aliphatic heterocycles. The van der Waals surface area contributed by atoms with Crippen LogP contribution in [0.1, 0.15) is 83.8 Å². The predicted octanol–water partition coefficient (Wildman–Crippen LogP) is 8.09. The van der Waals surface area contributed by atoms with Crippen molar-refractivity contribution in [1.29, 1.82) is 0 Å². The molecule has 0 aromatic heterocycles. The number of anilines is 2. The topological polar surface area (TPSA) is 90.9 Å².